The van der Waals surface area contributed by atoms with Gasteiger partial charge in [-0.1, -0.05) is 19.1 Å². The Hall–Kier alpha value is -1.36. The SMILES string of the molecule is CC1CCC(O)(C(=O)c2ccc(C(F)(F)F)cc2)CC1. The second-order valence-electron chi connectivity index (χ2n) is 5.62. The Morgan fingerprint density at radius 3 is 2.15 bits per heavy atom. The summed E-state index contributed by atoms with van der Waals surface area (Å²) in [6.07, 6.45) is -2.17. The fraction of sp³-hybridized carbons (Fsp3) is 0.533. The number of ketones is 1. The third-order valence-electron chi connectivity index (χ3n) is 4.00. The zero-order valence-electron chi connectivity index (χ0n) is 11.2. The van der Waals surface area contributed by atoms with Crippen LogP contribution < -0.4 is 0 Å². The lowest BCUT2D eigenvalue weighted by molar-refractivity contribution is -0.137. The summed E-state index contributed by atoms with van der Waals surface area (Å²) in [5.41, 5.74) is -2.08. The van der Waals surface area contributed by atoms with Gasteiger partial charge in [0.1, 0.15) is 5.60 Å². The van der Waals surface area contributed by atoms with Crippen LogP contribution >= 0.6 is 0 Å². The molecule has 0 spiro atoms. The van der Waals surface area contributed by atoms with Crippen LogP contribution in [0.4, 0.5) is 13.2 Å². The van der Waals surface area contributed by atoms with E-state index in [-0.39, 0.29) is 5.56 Å². The minimum Gasteiger partial charge on any atom is -0.382 e. The molecule has 1 saturated carbocycles. The van der Waals surface area contributed by atoms with Crippen molar-refractivity contribution in [3.8, 4) is 0 Å². The molecule has 0 unspecified atom stereocenters. The number of hydrogen-bond donors (Lipinski definition) is 1. The van der Waals surface area contributed by atoms with Crippen LogP contribution in [0.2, 0.25) is 0 Å². The van der Waals surface area contributed by atoms with Gasteiger partial charge >= 0.3 is 6.18 Å². The first-order chi connectivity index (χ1) is 9.22. The molecule has 5 heteroatoms. The molecule has 1 aromatic rings. The molecular weight excluding hydrogens is 269 g/mol. The highest BCUT2D eigenvalue weighted by Gasteiger charge is 2.39. The maximum Gasteiger partial charge on any atom is 0.416 e. The predicted octanol–water partition coefficient (Wildman–Crippen LogP) is 3.83. The summed E-state index contributed by atoms with van der Waals surface area (Å²) in [5, 5.41) is 10.4. The standard InChI is InChI=1S/C15H17F3O2/c1-10-6-8-14(20,9-7-10)13(19)11-2-4-12(5-3-11)15(16,17)18/h2-5,10,20H,6-9H2,1H3. The van der Waals surface area contributed by atoms with Crippen LogP contribution in [-0.2, 0) is 6.18 Å². The van der Waals surface area contributed by atoms with Crippen LogP contribution in [0.15, 0.2) is 24.3 Å². The van der Waals surface area contributed by atoms with Gasteiger partial charge in [0, 0.05) is 5.56 Å². The van der Waals surface area contributed by atoms with Gasteiger partial charge < -0.3 is 5.11 Å². The van der Waals surface area contributed by atoms with Crippen molar-refractivity contribution in [3.63, 3.8) is 0 Å². The molecule has 0 atom stereocenters. The number of aliphatic hydroxyl groups is 1. The van der Waals surface area contributed by atoms with Crippen LogP contribution in [0.25, 0.3) is 0 Å². The number of carbonyl (C=O) groups excluding carboxylic acids is 1. The van der Waals surface area contributed by atoms with E-state index < -0.39 is 23.1 Å². The lowest BCUT2D eigenvalue weighted by Crippen LogP contribution is -2.41. The lowest BCUT2D eigenvalue weighted by Gasteiger charge is -2.33. The molecule has 1 aliphatic carbocycles. The van der Waals surface area contributed by atoms with Crippen molar-refractivity contribution in [1.29, 1.82) is 0 Å². The number of Topliss-reactive ketones (excluding diaryl/α,β-unsaturated/α-hetero) is 1. The maximum atomic E-state index is 12.5. The molecule has 1 N–H and O–H groups in total. The summed E-state index contributed by atoms with van der Waals surface area (Å²) in [4.78, 5) is 12.3. The minimum atomic E-state index is -4.42. The number of alkyl halides is 3. The molecule has 1 fully saturated rings. The van der Waals surface area contributed by atoms with Crippen molar-refractivity contribution in [2.45, 2.75) is 44.4 Å². The first-order valence-corrected chi connectivity index (χ1v) is 6.67. The molecule has 20 heavy (non-hydrogen) atoms. The number of hydrogen-bond acceptors (Lipinski definition) is 2. The third kappa shape index (κ3) is 3.03. The summed E-state index contributed by atoms with van der Waals surface area (Å²) in [7, 11) is 0. The molecule has 0 aliphatic heterocycles. The number of halogens is 3. The zero-order chi connectivity index (χ0) is 15.0. The molecule has 110 valence electrons. The topological polar surface area (TPSA) is 37.3 Å². The summed E-state index contributed by atoms with van der Waals surface area (Å²) in [5.74, 6) is -0.00574. The maximum absolute atomic E-state index is 12.5. The molecule has 0 saturated heterocycles. The predicted molar refractivity (Wildman–Crippen MR) is 68.4 cm³/mol. The van der Waals surface area contributed by atoms with Gasteiger partial charge in [0.15, 0.2) is 5.78 Å². The molecule has 0 amide bonds. The fourth-order valence-corrected chi connectivity index (χ4v) is 2.55. The second kappa shape index (κ2) is 5.20. The van der Waals surface area contributed by atoms with Crippen molar-refractivity contribution in [3.05, 3.63) is 35.4 Å². The highest BCUT2D eigenvalue weighted by atomic mass is 19.4. The number of benzene rings is 1. The van der Waals surface area contributed by atoms with Gasteiger partial charge in [-0.2, -0.15) is 13.2 Å². The average molecular weight is 286 g/mol. The summed E-state index contributed by atoms with van der Waals surface area (Å²) in [6.45, 7) is 2.06. The van der Waals surface area contributed by atoms with Gasteiger partial charge in [0.2, 0.25) is 0 Å². The lowest BCUT2D eigenvalue weighted by atomic mass is 9.76. The highest BCUT2D eigenvalue weighted by Crippen LogP contribution is 2.35. The van der Waals surface area contributed by atoms with Crippen LogP contribution in [0, 0.1) is 5.92 Å². The molecule has 0 radical (unpaired) electrons. The normalized spacial score (nSPS) is 27.4. The average Bonchev–Trinajstić information content (AvgIpc) is 2.41. The van der Waals surface area contributed by atoms with E-state index in [9.17, 15) is 23.1 Å². The summed E-state index contributed by atoms with van der Waals surface area (Å²) >= 11 is 0. The highest BCUT2D eigenvalue weighted by molar-refractivity contribution is 6.02. The third-order valence-corrected chi connectivity index (χ3v) is 4.00. The van der Waals surface area contributed by atoms with Crippen molar-refractivity contribution in [1.82, 2.24) is 0 Å². The van der Waals surface area contributed by atoms with Gasteiger partial charge in [0.05, 0.1) is 5.56 Å². The van der Waals surface area contributed by atoms with Crippen molar-refractivity contribution in [2.75, 3.05) is 0 Å². The quantitative estimate of drug-likeness (QED) is 0.839. The van der Waals surface area contributed by atoms with Crippen molar-refractivity contribution >= 4 is 5.78 Å². The Bertz CT molecular complexity index is 483. The summed E-state index contributed by atoms with van der Waals surface area (Å²) in [6, 6.07) is 4.03. The van der Waals surface area contributed by atoms with Crippen molar-refractivity contribution < 1.29 is 23.1 Å². The molecule has 0 heterocycles. The first-order valence-electron chi connectivity index (χ1n) is 6.67. The van der Waals surface area contributed by atoms with E-state index in [1.807, 2.05) is 0 Å². The molecule has 1 aromatic carbocycles. The van der Waals surface area contributed by atoms with E-state index >= 15 is 0 Å². The molecule has 0 aromatic heterocycles. The van der Waals surface area contributed by atoms with Gasteiger partial charge in [-0.05, 0) is 43.7 Å². The fourth-order valence-electron chi connectivity index (χ4n) is 2.55. The first kappa shape index (κ1) is 15.0. The number of rotatable bonds is 2. The second-order valence-corrected chi connectivity index (χ2v) is 5.62. The van der Waals surface area contributed by atoms with E-state index in [0.717, 1.165) is 37.1 Å². The molecular formula is C15H17F3O2. The van der Waals surface area contributed by atoms with Crippen molar-refractivity contribution in [2.24, 2.45) is 5.92 Å². The largest absolute Gasteiger partial charge is 0.416 e. The van der Waals surface area contributed by atoms with E-state index in [1.54, 1.807) is 0 Å². The van der Waals surface area contributed by atoms with Gasteiger partial charge in [-0.3, -0.25) is 4.79 Å². The van der Waals surface area contributed by atoms with Gasteiger partial charge in [-0.15, -0.1) is 0 Å². The van der Waals surface area contributed by atoms with Gasteiger partial charge in [-0.25, -0.2) is 0 Å². The molecule has 2 nitrogen and oxygen atoms in total. The van der Waals surface area contributed by atoms with E-state index in [2.05, 4.69) is 6.92 Å². The Labute approximate surface area is 115 Å². The Kier molecular flexibility index (Phi) is 3.91. The van der Waals surface area contributed by atoms with Crippen LogP contribution in [-0.4, -0.2) is 16.5 Å². The Morgan fingerprint density at radius 1 is 1.20 bits per heavy atom. The van der Waals surface area contributed by atoms with Gasteiger partial charge in [0.25, 0.3) is 0 Å². The van der Waals surface area contributed by atoms with E-state index in [1.165, 1.54) is 0 Å². The molecule has 2 rings (SSSR count). The monoisotopic (exact) mass is 286 g/mol. The Morgan fingerprint density at radius 2 is 1.70 bits per heavy atom. The molecule has 0 bridgehead atoms. The number of carbonyl (C=O) groups is 1. The van der Waals surface area contributed by atoms with E-state index in [4.69, 9.17) is 0 Å². The smallest absolute Gasteiger partial charge is 0.382 e. The van der Waals surface area contributed by atoms with Crippen LogP contribution in [0.3, 0.4) is 0 Å². The van der Waals surface area contributed by atoms with E-state index in [0.29, 0.717) is 18.8 Å². The van der Waals surface area contributed by atoms with Crippen LogP contribution in [0.5, 0.6) is 0 Å². The molecule has 1 aliphatic rings. The Balaban J connectivity index is 2.17. The summed E-state index contributed by atoms with van der Waals surface area (Å²) < 4.78 is 37.4. The zero-order valence-corrected chi connectivity index (χ0v) is 11.2. The minimum absolute atomic E-state index is 0.134. The van der Waals surface area contributed by atoms with Crippen LogP contribution in [0.1, 0.15) is 48.5 Å².